The summed E-state index contributed by atoms with van der Waals surface area (Å²) in [6.45, 7) is 6.20. The van der Waals surface area contributed by atoms with E-state index in [0.29, 0.717) is 5.13 Å². The van der Waals surface area contributed by atoms with Gasteiger partial charge in [-0.3, -0.25) is 4.79 Å². The van der Waals surface area contributed by atoms with Gasteiger partial charge in [-0.15, -0.1) is 11.3 Å². The van der Waals surface area contributed by atoms with Gasteiger partial charge >= 0.3 is 0 Å². The molecule has 1 aliphatic carbocycles. The first kappa shape index (κ1) is 21.8. The van der Waals surface area contributed by atoms with Crippen molar-refractivity contribution in [2.75, 3.05) is 5.32 Å². The van der Waals surface area contributed by atoms with Crippen LogP contribution in [0.1, 0.15) is 36.5 Å². The summed E-state index contributed by atoms with van der Waals surface area (Å²) in [6, 6.07) is 29.5. The molecule has 1 aromatic heterocycles. The molecule has 0 saturated heterocycles. The number of nitrogens with one attached hydrogen (secondary N) is 1. The molecule has 1 heterocycles. The molecule has 0 radical (unpaired) electrons. The fourth-order valence-electron chi connectivity index (χ4n) is 5.45. The van der Waals surface area contributed by atoms with E-state index < -0.39 is 5.41 Å². The summed E-state index contributed by atoms with van der Waals surface area (Å²) in [7, 11) is 0. The quantitative estimate of drug-likeness (QED) is 0.286. The van der Waals surface area contributed by atoms with Crippen LogP contribution >= 0.6 is 11.3 Å². The minimum Gasteiger partial charge on any atom is -0.301 e. The van der Waals surface area contributed by atoms with Gasteiger partial charge in [0.1, 0.15) is 0 Å². The van der Waals surface area contributed by atoms with E-state index in [-0.39, 0.29) is 11.8 Å². The molecule has 3 nitrogen and oxygen atoms in total. The van der Waals surface area contributed by atoms with Gasteiger partial charge in [0.2, 0.25) is 5.91 Å². The molecule has 4 heteroatoms. The molecular formula is C31H26N2OS. The number of hydrogen-bond acceptors (Lipinski definition) is 3. The van der Waals surface area contributed by atoms with E-state index in [2.05, 4.69) is 97.2 Å². The van der Waals surface area contributed by atoms with E-state index in [1.807, 2.05) is 19.2 Å². The van der Waals surface area contributed by atoms with Gasteiger partial charge < -0.3 is 5.32 Å². The Kier molecular flexibility index (Phi) is 5.08. The third-order valence-corrected chi connectivity index (χ3v) is 8.04. The van der Waals surface area contributed by atoms with Crippen molar-refractivity contribution in [3.63, 3.8) is 0 Å². The summed E-state index contributed by atoms with van der Waals surface area (Å²) >= 11 is 1.47. The molecule has 0 unspecified atom stereocenters. The lowest BCUT2D eigenvalue weighted by atomic mass is 9.73. The number of nitrogens with zero attached hydrogens (tertiary/aromatic N) is 1. The van der Waals surface area contributed by atoms with Crippen LogP contribution in [0.3, 0.4) is 0 Å². The molecule has 0 atom stereocenters. The summed E-state index contributed by atoms with van der Waals surface area (Å²) in [5, 5.41) is 8.19. The summed E-state index contributed by atoms with van der Waals surface area (Å²) in [6.07, 6.45) is 0. The molecule has 1 N–H and O–H groups in total. The number of carbonyl (C=O) groups is 1. The van der Waals surface area contributed by atoms with Crippen LogP contribution in [0.15, 0.2) is 90.3 Å². The van der Waals surface area contributed by atoms with Crippen molar-refractivity contribution in [2.45, 2.75) is 26.7 Å². The number of aromatic nitrogens is 1. The summed E-state index contributed by atoms with van der Waals surface area (Å²) in [5.41, 5.74) is 7.40. The number of anilines is 1. The average molecular weight is 475 g/mol. The first-order chi connectivity index (χ1) is 16.9. The molecule has 1 aliphatic rings. The van der Waals surface area contributed by atoms with Crippen molar-refractivity contribution in [1.82, 2.24) is 4.98 Å². The zero-order chi connectivity index (χ0) is 24.2. The Morgan fingerprint density at radius 2 is 1.40 bits per heavy atom. The van der Waals surface area contributed by atoms with Crippen molar-refractivity contribution in [3.8, 4) is 22.4 Å². The zero-order valence-electron chi connectivity index (χ0n) is 20.0. The van der Waals surface area contributed by atoms with Gasteiger partial charge in [0.05, 0.1) is 11.1 Å². The van der Waals surface area contributed by atoms with Crippen LogP contribution in [0.25, 0.3) is 33.2 Å². The number of rotatable bonds is 4. The van der Waals surface area contributed by atoms with Gasteiger partial charge in [0.25, 0.3) is 0 Å². The number of carbonyl (C=O) groups excluding carboxylic acids is 1. The smallest absolute Gasteiger partial charge is 0.232 e. The Balaban J connectivity index is 1.32. The lowest BCUT2D eigenvalue weighted by molar-refractivity contribution is -0.124. The standard InChI is InChI=1S/C31H26N2OS/c1-19-16-17-24(21-11-5-4-10-20(19)21)27-18-35-30(32-27)33-29(34)31(2,3)28-25-14-8-6-12-22(25)23-13-7-9-15-26(23)28/h4-18,28H,1-3H3,(H,32,33,34). The lowest BCUT2D eigenvalue weighted by Gasteiger charge is -2.31. The topological polar surface area (TPSA) is 42.0 Å². The summed E-state index contributed by atoms with van der Waals surface area (Å²) in [5.74, 6) is -0.0426. The second kappa shape index (κ2) is 8.17. The van der Waals surface area contributed by atoms with Crippen molar-refractivity contribution in [3.05, 3.63) is 107 Å². The SMILES string of the molecule is Cc1ccc(-c2csc(NC(=O)C(C)(C)C3c4ccccc4-c4ccccc43)n2)c2ccccc12. The number of thiazole rings is 1. The molecule has 1 amide bonds. The van der Waals surface area contributed by atoms with Gasteiger partial charge in [0, 0.05) is 16.9 Å². The van der Waals surface area contributed by atoms with Gasteiger partial charge in [-0.2, -0.15) is 0 Å². The highest BCUT2D eigenvalue weighted by Gasteiger charge is 2.44. The predicted octanol–water partition coefficient (Wildman–Crippen LogP) is 8.05. The Hall–Kier alpha value is -3.76. The van der Waals surface area contributed by atoms with Crippen molar-refractivity contribution in [2.24, 2.45) is 5.41 Å². The minimum atomic E-state index is -0.662. The molecule has 4 aromatic carbocycles. The maximum absolute atomic E-state index is 13.7. The molecule has 172 valence electrons. The second-order valence-corrected chi connectivity index (χ2v) is 10.7. The fourth-order valence-corrected chi connectivity index (χ4v) is 6.16. The monoisotopic (exact) mass is 474 g/mol. The first-order valence-electron chi connectivity index (χ1n) is 11.9. The van der Waals surface area contributed by atoms with Gasteiger partial charge in [-0.05, 0) is 45.5 Å². The summed E-state index contributed by atoms with van der Waals surface area (Å²) < 4.78 is 0. The van der Waals surface area contributed by atoms with Crippen LogP contribution in [0, 0.1) is 12.3 Å². The van der Waals surface area contributed by atoms with Crippen molar-refractivity contribution >= 4 is 33.1 Å². The fraction of sp³-hybridized carbons (Fsp3) is 0.161. The summed E-state index contributed by atoms with van der Waals surface area (Å²) in [4.78, 5) is 18.5. The molecule has 35 heavy (non-hydrogen) atoms. The Morgan fingerprint density at radius 1 is 0.800 bits per heavy atom. The number of benzene rings is 4. The van der Waals surface area contributed by atoms with Crippen molar-refractivity contribution < 1.29 is 4.79 Å². The van der Waals surface area contributed by atoms with Gasteiger partial charge in [-0.25, -0.2) is 4.98 Å². The number of fused-ring (bicyclic) bond motifs is 4. The molecule has 0 bridgehead atoms. The molecule has 0 saturated carbocycles. The van der Waals surface area contributed by atoms with Crippen molar-refractivity contribution in [1.29, 1.82) is 0 Å². The Labute approximate surface area is 209 Å². The molecule has 6 rings (SSSR count). The predicted molar refractivity (Wildman–Crippen MR) is 146 cm³/mol. The van der Waals surface area contributed by atoms with Crippen LogP contribution in [0.4, 0.5) is 5.13 Å². The van der Waals surface area contributed by atoms with Crippen LogP contribution in [0.2, 0.25) is 0 Å². The third kappa shape index (κ3) is 3.48. The molecule has 0 fully saturated rings. The molecule has 0 aliphatic heterocycles. The Morgan fingerprint density at radius 3 is 2.09 bits per heavy atom. The van der Waals surface area contributed by atoms with Crippen LogP contribution in [-0.2, 0) is 4.79 Å². The zero-order valence-corrected chi connectivity index (χ0v) is 20.8. The lowest BCUT2D eigenvalue weighted by Crippen LogP contribution is -2.36. The average Bonchev–Trinajstić information content (AvgIpc) is 3.47. The van der Waals surface area contributed by atoms with Gasteiger partial charge in [-0.1, -0.05) is 98.8 Å². The normalized spacial score (nSPS) is 13.0. The van der Waals surface area contributed by atoms with E-state index in [1.165, 1.54) is 49.9 Å². The molecule has 0 spiro atoms. The number of hydrogen-bond donors (Lipinski definition) is 1. The van der Waals surface area contributed by atoms with E-state index in [9.17, 15) is 4.79 Å². The van der Waals surface area contributed by atoms with E-state index in [4.69, 9.17) is 4.98 Å². The van der Waals surface area contributed by atoms with Crippen LogP contribution < -0.4 is 5.32 Å². The Bertz CT molecular complexity index is 1550. The van der Waals surface area contributed by atoms with Gasteiger partial charge in [0.15, 0.2) is 5.13 Å². The van der Waals surface area contributed by atoms with E-state index in [0.717, 1.165) is 11.3 Å². The third-order valence-electron chi connectivity index (χ3n) is 7.28. The largest absolute Gasteiger partial charge is 0.301 e. The number of aryl methyl sites for hydroxylation is 1. The first-order valence-corrected chi connectivity index (χ1v) is 12.8. The van der Waals surface area contributed by atoms with E-state index >= 15 is 0 Å². The van der Waals surface area contributed by atoms with E-state index in [1.54, 1.807) is 0 Å². The highest BCUT2D eigenvalue weighted by atomic mass is 32.1. The maximum Gasteiger partial charge on any atom is 0.232 e. The van der Waals surface area contributed by atoms with Crippen LogP contribution in [0.5, 0.6) is 0 Å². The second-order valence-electron chi connectivity index (χ2n) is 9.80. The molecule has 5 aromatic rings. The van der Waals surface area contributed by atoms with Crippen LogP contribution in [-0.4, -0.2) is 10.9 Å². The maximum atomic E-state index is 13.7. The highest BCUT2D eigenvalue weighted by Crippen LogP contribution is 2.52. The highest BCUT2D eigenvalue weighted by molar-refractivity contribution is 7.14. The number of amides is 1. The molecular weight excluding hydrogens is 448 g/mol. The minimum absolute atomic E-state index is 0.0182.